The number of carbonyl (C=O) groups is 2. The topological polar surface area (TPSA) is 76.6 Å². The molecule has 1 aromatic rings. The predicted molar refractivity (Wildman–Crippen MR) is 104 cm³/mol. The zero-order valence-electron chi connectivity index (χ0n) is 16.3. The lowest BCUT2D eigenvalue weighted by molar-refractivity contribution is -0.122. The summed E-state index contributed by atoms with van der Waals surface area (Å²) in [6.45, 7) is 7.93. The highest BCUT2D eigenvalue weighted by atomic mass is 19.1. The van der Waals surface area contributed by atoms with Crippen molar-refractivity contribution in [3.05, 3.63) is 30.1 Å². The second-order valence-electron chi connectivity index (χ2n) is 6.82. The second kappa shape index (κ2) is 11.5. The Morgan fingerprint density at radius 2 is 1.64 bits per heavy atom. The fourth-order valence-corrected chi connectivity index (χ4v) is 3.22. The number of hydrogen-bond acceptors (Lipinski definition) is 6. The summed E-state index contributed by atoms with van der Waals surface area (Å²) in [7, 11) is 2.13. The molecule has 0 aromatic heterocycles. The van der Waals surface area contributed by atoms with E-state index in [-0.39, 0.29) is 18.4 Å². The monoisotopic (exact) mass is 396 g/mol. The third kappa shape index (κ3) is 6.97. The first-order chi connectivity index (χ1) is 13.5. The molecule has 28 heavy (non-hydrogen) atoms. The van der Waals surface area contributed by atoms with Gasteiger partial charge in [-0.25, -0.2) is 9.18 Å². The zero-order chi connectivity index (χ0) is 20.4. The van der Waals surface area contributed by atoms with Gasteiger partial charge >= 0.3 is 6.09 Å². The van der Waals surface area contributed by atoms with Crippen LogP contribution in [-0.2, 0) is 9.53 Å². The van der Waals surface area contributed by atoms with Crippen molar-refractivity contribution in [3.8, 4) is 0 Å². The highest BCUT2D eigenvalue weighted by Crippen LogP contribution is 2.17. The molecular weight excluding hydrogens is 367 g/mol. The largest absolute Gasteiger partial charge is 0.483 e. The zero-order valence-corrected chi connectivity index (χ0v) is 16.3. The van der Waals surface area contributed by atoms with Crippen molar-refractivity contribution in [1.29, 1.82) is 0 Å². The van der Waals surface area contributed by atoms with Crippen LogP contribution in [0, 0.1) is 5.82 Å². The Hall–Kier alpha value is -2.39. The number of hydrogen-bond donors (Lipinski definition) is 1. The number of nitrogens with zero attached hydrogens (tertiary/aromatic N) is 4. The Balaban J connectivity index is 0.000000878. The predicted octanol–water partition coefficient (Wildman–Crippen LogP) is 1.03. The van der Waals surface area contributed by atoms with Gasteiger partial charge in [-0.05, 0) is 31.3 Å². The minimum Gasteiger partial charge on any atom is -0.483 e. The summed E-state index contributed by atoms with van der Waals surface area (Å²) in [4.78, 5) is 29.1. The molecule has 2 aliphatic rings. The summed E-state index contributed by atoms with van der Waals surface area (Å²) in [5.74, 6) is -0.230. The fraction of sp³-hybridized carbons (Fsp3) is 0.579. The quantitative estimate of drug-likeness (QED) is 0.762. The van der Waals surface area contributed by atoms with Crippen molar-refractivity contribution in [2.75, 3.05) is 77.5 Å². The molecule has 2 saturated heterocycles. The second-order valence-corrected chi connectivity index (χ2v) is 6.82. The van der Waals surface area contributed by atoms with Gasteiger partial charge in [-0.3, -0.25) is 9.69 Å². The van der Waals surface area contributed by atoms with Crippen LogP contribution in [0.2, 0.25) is 0 Å². The number of likely N-dealkylation sites (N-methyl/N-ethyl adjacent to an activating group) is 1. The number of carboxylic acid groups (broad SMARTS) is 1. The number of benzene rings is 1. The Bertz CT molecular complexity index is 600. The van der Waals surface area contributed by atoms with E-state index >= 15 is 0 Å². The van der Waals surface area contributed by atoms with Gasteiger partial charge < -0.3 is 24.5 Å². The Kier molecular flexibility index (Phi) is 8.96. The summed E-state index contributed by atoms with van der Waals surface area (Å²) in [6.07, 6.45) is -0.229. The molecule has 1 aromatic carbocycles. The lowest BCUT2D eigenvalue weighted by atomic mass is 10.2. The lowest BCUT2D eigenvalue weighted by Gasteiger charge is -2.36. The first-order valence-corrected chi connectivity index (χ1v) is 9.44. The van der Waals surface area contributed by atoms with Crippen LogP contribution in [0.15, 0.2) is 24.3 Å². The minimum absolute atomic E-state index is 0.229. The molecule has 0 bridgehead atoms. The van der Waals surface area contributed by atoms with Crippen LogP contribution in [-0.4, -0.2) is 105 Å². The minimum atomic E-state index is -0.250. The van der Waals surface area contributed by atoms with Crippen LogP contribution in [0.25, 0.3) is 0 Å². The molecule has 1 N–H and O–H groups in total. The van der Waals surface area contributed by atoms with Crippen molar-refractivity contribution < 1.29 is 23.8 Å². The van der Waals surface area contributed by atoms with Crippen LogP contribution in [0.3, 0.4) is 0 Å². The van der Waals surface area contributed by atoms with Gasteiger partial charge in [0.1, 0.15) is 12.4 Å². The maximum atomic E-state index is 13.0. The van der Waals surface area contributed by atoms with Gasteiger partial charge in [0, 0.05) is 64.6 Å². The third-order valence-electron chi connectivity index (χ3n) is 4.96. The highest BCUT2D eigenvalue weighted by molar-refractivity contribution is 5.68. The Morgan fingerprint density at radius 3 is 2.21 bits per heavy atom. The first-order valence-electron chi connectivity index (χ1n) is 9.44. The normalized spacial score (nSPS) is 18.2. The molecule has 8 nitrogen and oxygen atoms in total. The van der Waals surface area contributed by atoms with Gasteiger partial charge in [0.25, 0.3) is 6.47 Å². The average Bonchev–Trinajstić information content (AvgIpc) is 2.71. The van der Waals surface area contributed by atoms with Crippen molar-refractivity contribution in [2.24, 2.45) is 0 Å². The molecule has 2 heterocycles. The van der Waals surface area contributed by atoms with E-state index in [1.165, 1.54) is 12.1 Å². The van der Waals surface area contributed by atoms with E-state index < -0.39 is 0 Å². The van der Waals surface area contributed by atoms with Crippen molar-refractivity contribution in [2.45, 2.75) is 0 Å². The van der Waals surface area contributed by atoms with Gasteiger partial charge in [0.05, 0.1) is 0 Å². The maximum absolute atomic E-state index is 13.0. The summed E-state index contributed by atoms with van der Waals surface area (Å²) >= 11 is 0. The van der Waals surface area contributed by atoms with Crippen LogP contribution >= 0.6 is 0 Å². The van der Waals surface area contributed by atoms with Crippen LogP contribution in [0.4, 0.5) is 14.9 Å². The molecular formula is C19H29FN4O4. The van der Waals surface area contributed by atoms with Crippen LogP contribution in [0.5, 0.6) is 0 Å². The van der Waals surface area contributed by atoms with E-state index in [0.29, 0.717) is 19.7 Å². The van der Waals surface area contributed by atoms with E-state index in [1.807, 2.05) is 0 Å². The molecule has 0 aliphatic carbocycles. The van der Waals surface area contributed by atoms with Gasteiger partial charge in [-0.2, -0.15) is 0 Å². The summed E-state index contributed by atoms with van der Waals surface area (Å²) in [6, 6.07) is 6.49. The van der Waals surface area contributed by atoms with Crippen molar-refractivity contribution in [1.82, 2.24) is 14.7 Å². The van der Waals surface area contributed by atoms with Crippen LogP contribution in [0.1, 0.15) is 0 Å². The number of anilines is 1. The Morgan fingerprint density at radius 1 is 1.07 bits per heavy atom. The number of carbonyl (C=O) groups excluding carboxylic acids is 1. The molecule has 1 amide bonds. The molecule has 0 saturated carbocycles. The number of piperazine rings is 2. The Labute approximate surface area is 165 Å². The van der Waals surface area contributed by atoms with Gasteiger partial charge in [0.15, 0.2) is 0 Å². The molecule has 2 fully saturated rings. The van der Waals surface area contributed by atoms with Gasteiger partial charge in [-0.1, -0.05) is 0 Å². The van der Waals surface area contributed by atoms with E-state index in [4.69, 9.17) is 14.6 Å². The average molecular weight is 396 g/mol. The van der Waals surface area contributed by atoms with Crippen LogP contribution < -0.4 is 4.90 Å². The molecule has 0 atom stereocenters. The van der Waals surface area contributed by atoms with E-state index in [9.17, 15) is 9.18 Å². The molecule has 0 spiro atoms. The summed E-state index contributed by atoms with van der Waals surface area (Å²) < 4.78 is 18.4. The first kappa shape index (κ1) is 21.9. The van der Waals surface area contributed by atoms with Gasteiger partial charge in [-0.15, -0.1) is 0 Å². The smallest absolute Gasteiger partial charge is 0.409 e. The number of amides is 1. The van der Waals surface area contributed by atoms with E-state index in [0.717, 1.165) is 51.5 Å². The number of ether oxygens (including phenoxy) is 1. The summed E-state index contributed by atoms with van der Waals surface area (Å²) in [5.41, 5.74) is 0.990. The third-order valence-corrected chi connectivity index (χ3v) is 4.96. The standard InChI is InChI=1S/C18H27FN4O2.CH2O2/c1-20-6-8-21(9-7-20)14-15-25-18(24)23-12-10-22(11-13-23)17-4-2-16(19)3-5-17;2-1-3/h2-5H,6-15H2,1H3;1H,(H,2,3). The molecule has 3 rings (SSSR count). The number of halogens is 1. The molecule has 156 valence electrons. The molecule has 9 heteroatoms. The van der Waals surface area contributed by atoms with Crippen molar-refractivity contribution in [3.63, 3.8) is 0 Å². The highest BCUT2D eigenvalue weighted by Gasteiger charge is 2.22. The van der Waals surface area contributed by atoms with Gasteiger partial charge in [0.2, 0.25) is 0 Å². The number of rotatable bonds is 4. The molecule has 2 aliphatic heterocycles. The van der Waals surface area contributed by atoms with Crippen molar-refractivity contribution >= 4 is 18.3 Å². The fourth-order valence-electron chi connectivity index (χ4n) is 3.22. The summed E-state index contributed by atoms with van der Waals surface area (Å²) in [5, 5.41) is 6.89. The molecule has 0 unspecified atom stereocenters. The van der Waals surface area contributed by atoms with E-state index in [1.54, 1.807) is 17.0 Å². The van der Waals surface area contributed by atoms with E-state index in [2.05, 4.69) is 21.7 Å². The maximum Gasteiger partial charge on any atom is 0.409 e. The molecule has 0 radical (unpaired) electrons. The SMILES string of the molecule is CN1CCN(CCOC(=O)N2CCN(c3ccc(F)cc3)CC2)CC1.O=CO. The lowest BCUT2D eigenvalue weighted by Crippen LogP contribution is -2.49.